The first kappa shape index (κ1) is 23.1. The Labute approximate surface area is 184 Å². The molecule has 170 valence electrons. The molecular formula is C23H34N4O4. The summed E-state index contributed by atoms with van der Waals surface area (Å²) in [5.74, 6) is 3.01. The summed E-state index contributed by atoms with van der Waals surface area (Å²) >= 11 is 0. The molecule has 1 aliphatic heterocycles. The van der Waals surface area contributed by atoms with E-state index in [-0.39, 0.29) is 17.9 Å². The summed E-state index contributed by atoms with van der Waals surface area (Å²) in [5.41, 5.74) is 0.861. The van der Waals surface area contributed by atoms with Gasteiger partial charge in [-0.3, -0.25) is 4.79 Å². The number of hydrogen-bond acceptors (Lipinski definition) is 6. The van der Waals surface area contributed by atoms with Crippen molar-refractivity contribution in [2.45, 2.75) is 59.7 Å². The molecule has 1 fully saturated rings. The van der Waals surface area contributed by atoms with Gasteiger partial charge in [0.15, 0.2) is 23.1 Å². The number of ether oxygens (including phenoxy) is 3. The van der Waals surface area contributed by atoms with E-state index in [1.165, 1.54) is 0 Å². The Morgan fingerprint density at radius 3 is 2.55 bits per heavy atom. The second-order valence-corrected chi connectivity index (χ2v) is 9.59. The van der Waals surface area contributed by atoms with Crippen molar-refractivity contribution < 1.29 is 19.0 Å². The Hall–Kier alpha value is -2.61. The minimum atomic E-state index is -0.466. The zero-order valence-electron chi connectivity index (χ0n) is 19.6. The molecule has 2 atom stereocenters. The predicted molar refractivity (Wildman–Crippen MR) is 117 cm³/mol. The van der Waals surface area contributed by atoms with Gasteiger partial charge in [-0.1, -0.05) is 40.7 Å². The van der Waals surface area contributed by atoms with Gasteiger partial charge in [0, 0.05) is 13.0 Å². The average Bonchev–Trinajstić information content (AvgIpc) is 3.06. The minimum Gasteiger partial charge on any atom is -0.493 e. The summed E-state index contributed by atoms with van der Waals surface area (Å²) in [6.45, 7) is 11.5. The van der Waals surface area contributed by atoms with Gasteiger partial charge in [0.2, 0.25) is 5.91 Å². The van der Waals surface area contributed by atoms with Crippen molar-refractivity contribution in [2.24, 2.45) is 11.3 Å². The maximum atomic E-state index is 12.2. The molecule has 1 aromatic heterocycles. The van der Waals surface area contributed by atoms with Crippen LogP contribution in [0, 0.1) is 11.3 Å². The zero-order chi connectivity index (χ0) is 22.8. The van der Waals surface area contributed by atoms with Gasteiger partial charge in [0.1, 0.15) is 12.7 Å². The summed E-state index contributed by atoms with van der Waals surface area (Å²) in [4.78, 5) is 17.1. The van der Waals surface area contributed by atoms with E-state index in [1.54, 1.807) is 14.2 Å². The molecule has 0 aliphatic carbocycles. The molecule has 31 heavy (non-hydrogen) atoms. The van der Waals surface area contributed by atoms with Crippen molar-refractivity contribution in [2.75, 3.05) is 20.8 Å². The van der Waals surface area contributed by atoms with E-state index in [4.69, 9.17) is 24.3 Å². The number of carbonyl (C=O) groups is 1. The van der Waals surface area contributed by atoms with Crippen LogP contribution in [0.4, 0.5) is 0 Å². The number of rotatable bonds is 7. The van der Waals surface area contributed by atoms with Crippen LogP contribution in [0.5, 0.6) is 11.5 Å². The van der Waals surface area contributed by atoms with Crippen LogP contribution in [0.3, 0.4) is 0 Å². The summed E-state index contributed by atoms with van der Waals surface area (Å²) in [7, 11) is 3.18. The van der Waals surface area contributed by atoms with E-state index in [9.17, 15) is 4.79 Å². The Morgan fingerprint density at radius 1 is 1.23 bits per heavy atom. The van der Waals surface area contributed by atoms with Crippen molar-refractivity contribution in [1.82, 2.24) is 20.1 Å². The Bertz CT molecular complexity index is 917. The maximum absolute atomic E-state index is 12.2. The van der Waals surface area contributed by atoms with Crippen LogP contribution in [0.15, 0.2) is 18.2 Å². The van der Waals surface area contributed by atoms with Crippen LogP contribution in [-0.2, 0) is 22.5 Å². The highest BCUT2D eigenvalue weighted by molar-refractivity contribution is 5.78. The Morgan fingerprint density at radius 2 is 1.94 bits per heavy atom. The van der Waals surface area contributed by atoms with Gasteiger partial charge in [0.05, 0.1) is 20.3 Å². The average molecular weight is 431 g/mol. The molecule has 0 saturated carbocycles. The van der Waals surface area contributed by atoms with Crippen LogP contribution < -0.4 is 14.8 Å². The van der Waals surface area contributed by atoms with E-state index in [0.717, 1.165) is 23.6 Å². The van der Waals surface area contributed by atoms with Crippen molar-refractivity contribution in [1.29, 1.82) is 0 Å². The minimum absolute atomic E-state index is 0.00823. The quantitative estimate of drug-likeness (QED) is 0.724. The standard InChI is InChI=1S/C23H34N4O4/c1-14(2)10-18-24-22(27(26-18)13-23(3,4)5)21-20(25-19(28)12-31-21)15-8-9-16(29-6)17(11-15)30-7/h8-9,11,14,20-21H,10,12-13H2,1-7H3,(H,25,28)/t20-,21+/m1/s1. The van der Waals surface area contributed by atoms with Crippen molar-refractivity contribution in [3.05, 3.63) is 35.4 Å². The Balaban J connectivity index is 2.04. The summed E-state index contributed by atoms with van der Waals surface area (Å²) < 4.78 is 18.8. The molecule has 0 spiro atoms. The summed E-state index contributed by atoms with van der Waals surface area (Å²) in [5, 5.41) is 7.86. The molecule has 1 amide bonds. The molecular weight excluding hydrogens is 396 g/mol. The number of aromatic nitrogens is 3. The normalized spacial score (nSPS) is 19.4. The van der Waals surface area contributed by atoms with Gasteiger partial charge in [-0.05, 0) is 29.0 Å². The van der Waals surface area contributed by atoms with E-state index in [1.807, 2.05) is 22.9 Å². The number of methoxy groups -OCH3 is 2. The SMILES string of the molecule is COc1ccc([C@H]2NC(=O)CO[C@@H]2c2nc(CC(C)C)nn2CC(C)(C)C)cc1OC. The predicted octanol–water partition coefficient (Wildman–Crippen LogP) is 3.47. The number of benzene rings is 1. The number of hydrogen-bond donors (Lipinski definition) is 1. The fourth-order valence-electron chi connectivity index (χ4n) is 3.71. The second kappa shape index (κ2) is 9.26. The lowest BCUT2D eigenvalue weighted by atomic mass is 9.96. The molecule has 1 N–H and O–H groups in total. The van der Waals surface area contributed by atoms with Crippen molar-refractivity contribution in [3.8, 4) is 11.5 Å². The number of morpholine rings is 1. The molecule has 0 bridgehead atoms. The van der Waals surface area contributed by atoms with E-state index >= 15 is 0 Å². The molecule has 8 heteroatoms. The van der Waals surface area contributed by atoms with Crippen LogP contribution in [0.25, 0.3) is 0 Å². The highest BCUT2D eigenvalue weighted by Gasteiger charge is 2.37. The zero-order valence-corrected chi connectivity index (χ0v) is 19.6. The molecule has 1 aliphatic rings. The lowest BCUT2D eigenvalue weighted by molar-refractivity contribution is -0.138. The second-order valence-electron chi connectivity index (χ2n) is 9.59. The topological polar surface area (TPSA) is 87.5 Å². The highest BCUT2D eigenvalue weighted by Crippen LogP contribution is 2.38. The molecule has 3 rings (SSSR count). The monoisotopic (exact) mass is 430 g/mol. The highest BCUT2D eigenvalue weighted by atomic mass is 16.5. The fourth-order valence-corrected chi connectivity index (χ4v) is 3.71. The third kappa shape index (κ3) is 5.55. The van der Waals surface area contributed by atoms with Crippen LogP contribution in [0.2, 0.25) is 0 Å². The smallest absolute Gasteiger partial charge is 0.246 e. The molecule has 1 aromatic carbocycles. The number of carbonyl (C=O) groups excluding carboxylic acids is 1. The third-order valence-electron chi connectivity index (χ3n) is 4.99. The lowest BCUT2D eigenvalue weighted by Crippen LogP contribution is -2.42. The molecule has 0 radical (unpaired) electrons. The first-order valence-electron chi connectivity index (χ1n) is 10.7. The third-order valence-corrected chi connectivity index (χ3v) is 4.99. The van der Waals surface area contributed by atoms with Gasteiger partial charge < -0.3 is 19.5 Å². The van der Waals surface area contributed by atoms with Crippen LogP contribution in [0.1, 0.15) is 64.0 Å². The number of amides is 1. The number of nitrogens with one attached hydrogen (secondary N) is 1. The van der Waals surface area contributed by atoms with Gasteiger partial charge >= 0.3 is 0 Å². The maximum Gasteiger partial charge on any atom is 0.246 e. The largest absolute Gasteiger partial charge is 0.493 e. The fraction of sp³-hybridized carbons (Fsp3) is 0.609. The first-order valence-corrected chi connectivity index (χ1v) is 10.7. The van der Waals surface area contributed by atoms with Crippen LogP contribution >= 0.6 is 0 Å². The molecule has 2 heterocycles. The van der Waals surface area contributed by atoms with Gasteiger partial charge in [-0.15, -0.1) is 0 Å². The molecule has 2 aromatic rings. The van der Waals surface area contributed by atoms with Gasteiger partial charge in [-0.2, -0.15) is 5.10 Å². The van der Waals surface area contributed by atoms with Gasteiger partial charge in [-0.25, -0.2) is 9.67 Å². The molecule has 0 unspecified atom stereocenters. The first-order chi connectivity index (χ1) is 14.6. The van der Waals surface area contributed by atoms with Crippen molar-refractivity contribution in [3.63, 3.8) is 0 Å². The van der Waals surface area contributed by atoms with Crippen molar-refractivity contribution >= 4 is 5.91 Å². The lowest BCUT2D eigenvalue weighted by Gasteiger charge is -2.33. The van der Waals surface area contributed by atoms with E-state index in [2.05, 4.69) is 39.9 Å². The number of nitrogens with zero attached hydrogens (tertiary/aromatic N) is 3. The van der Waals surface area contributed by atoms with E-state index < -0.39 is 12.1 Å². The van der Waals surface area contributed by atoms with E-state index in [0.29, 0.717) is 24.0 Å². The molecule has 8 nitrogen and oxygen atoms in total. The van der Waals surface area contributed by atoms with Crippen LogP contribution in [-0.4, -0.2) is 41.5 Å². The summed E-state index contributed by atoms with van der Waals surface area (Å²) in [6, 6.07) is 5.19. The Kier molecular flexibility index (Phi) is 6.89. The molecule has 1 saturated heterocycles. The van der Waals surface area contributed by atoms with Gasteiger partial charge in [0.25, 0.3) is 0 Å². The summed E-state index contributed by atoms with van der Waals surface area (Å²) in [6.07, 6.45) is 0.316.